The third kappa shape index (κ3) is 2.67. The highest BCUT2D eigenvalue weighted by Crippen LogP contribution is 2.62. The van der Waals surface area contributed by atoms with E-state index in [9.17, 15) is 10.2 Å². The van der Waals surface area contributed by atoms with Crippen molar-refractivity contribution in [2.75, 3.05) is 0 Å². The average Bonchev–Trinajstić information content (AvgIpc) is 2.75. The molecule has 0 heterocycles. The maximum Gasteiger partial charge on any atom is 0.147 e. The molecule has 106 valence electrons. The molecule has 2 saturated carbocycles. The van der Waals surface area contributed by atoms with E-state index in [0.717, 1.165) is 44.9 Å². The Morgan fingerprint density at radius 3 is 2.67 bits per heavy atom. The first kappa shape index (κ1) is 14.9. The van der Waals surface area contributed by atoms with Crippen molar-refractivity contribution in [3.63, 3.8) is 0 Å². The third-order valence-corrected chi connectivity index (χ3v) is 5.95. The van der Waals surface area contributed by atoms with E-state index >= 15 is 0 Å². The summed E-state index contributed by atoms with van der Waals surface area (Å²) in [6.07, 6.45) is 6.59. The van der Waals surface area contributed by atoms with Gasteiger partial charge in [-0.05, 0) is 37.5 Å². The first-order valence-electron chi connectivity index (χ1n) is 7.22. The van der Waals surface area contributed by atoms with E-state index in [2.05, 4.69) is 0 Å². The summed E-state index contributed by atoms with van der Waals surface area (Å²) >= 11 is 12.3. The summed E-state index contributed by atoms with van der Waals surface area (Å²) in [5.41, 5.74) is 0. The highest BCUT2D eigenvalue weighted by molar-refractivity contribution is 6.49. The Morgan fingerprint density at radius 2 is 2.00 bits per heavy atom. The molecule has 2 fully saturated rings. The minimum atomic E-state index is -0.891. The van der Waals surface area contributed by atoms with Crippen LogP contribution in [0.25, 0.3) is 0 Å². The van der Waals surface area contributed by atoms with Gasteiger partial charge in [0.25, 0.3) is 0 Å². The van der Waals surface area contributed by atoms with Crippen LogP contribution < -0.4 is 0 Å². The molecule has 2 aliphatic rings. The summed E-state index contributed by atoms with van der Waals surface area (Å²) in [6.45, 7) is 2.01. The molecule has 0 spiro atoms. The van der Waals surface area contributed by atoms with Gasteiger partial charge in [0, 0.05) is 5.92 Å². The zero-order valence-corrected chi connectivity index (χ0v) is 12.5. The van der Waals surface area contributed by atoms with Crippen LogP contribution in [0.15, 0.2) is 0 Å². The first-order chi connectivity index (χ1) is 8.48. The number of alkyl halides is 2. The smallest absolute Gasteiger partial charge is 0.147 e. The molecule has 5 unspecified atom stereocenters. The van der Waals surface area contributed by atoms with Crippen LogP contribution in [0.3, 0.4) is 0 Å². The Bertz CT molecular complexity index is 283. The molecule has 0 bridgehead atoms. The molecule has 0 radical (unpaired) electrons. The second-order valence-corrected chi connectivity index (χ2v) is 7.43. The van der Waals surface area contributed by atoms with Crippen LogP contribution in [0.4, 0.5) is 0 Å². The Labute approximate surface area is 120 Å². The van der Waals surface area contributed by atoms with Gasteiger partial charge >= 0.3 is 0 Å². The monoisotopic (exact) mass is 294 g/mol. The molecular formula is C14H24Cl2O2. The van der Waals surface area contributed by atoms with E-state index in [0.29, 0.717) is 17.8 Å². The lowest BCUT2D eigenvalue weighted by Gasteiger charge is -2.50. The van der Waals surface area contributed by atoms with E-state index in [1.807, 2.05) is 6.92 Å². The Kier molecular flexibility index (Phi) is 4.86. The lowest BCUT2D eigenvalue weighted by molar-refractivity contribution is -0.0488. The van der Waals surface area contributed by atoms with Crippen molar-refractivity contribution in [2.24, 2.45) is 17.8 Å². The minimum absolute atomic E-state index is 0.144. The van der Waals surface area contributed by atoms with Gasteiger partial charge in [0.05, 0.1) is 12.2 Å². The molecule has 0 saturated heterocycles. The predicted molar refractivity (Wildman–Crippen MR) is 74.9 cm³/mol. The fourth-order valence-electron chi connectivity index (χ4n) is 3.72. The number of aliphatic hydroxyl groups is 2. The highest BCUT2D eigenvalue weighted by Gasteiger charge is 2.64. The van der Waals surface area contributed by atoms with Gasteiger partial charge in [0.15, 0.2) is 0 Å². The molecular weight excluding hydrogens is 271 g/mol. The Hall–Kier alpha value is 0.500. The number of aliphatic hydroxyl groups excluding tert-OH is 2. The second-order valence-electron chi connectivity index (χ2n) is 5.99. The maximum absolute atomic E-state index is 10.00. The summed E-state index contributed by atoms with van der Waals surface area (Å²) in [4.78, 5) is 0. The predicted octanol–water partition coefficient (Wildman–Crippen LogP) is 3.51. The van der Waals surface area contributed by atoms with Gasteiger partial charge in [-0.3, -0.25) is 0 Å². The highest BCUT2D eigenvalue weighted by atomic mass is 35.5. The molecule has 0 aliphatic heterocycles. The lowest BCUT2D eigenvalue weighted by atomic mass is 9.68. The van der Waals surface area contributed by atoms with Crippen molar-refractivity contribution < 1.29 is 10.2 Å². The van der Waals surface area contributed by atoms with Crippen molar-refractivity contribution in [1.29, 1.82) is 0 Å². The van der Waals surface area contributed by atoms with Gasteiger partial charge in [-0.15, -0.1) is 0 Å². The summed E-state index contributed by atoms with van der Waals surface area (Å²) in [5, 5.41) is 19.5. The van der Waals surface area contributed by atoms with Gasteiger partial charge in [0.1, 0.15) is 4.33 Å². The van der Waals surface area contributed by atoms with E-state index < -0.39 is 10.4 Å². The quantitative estimate of drug-likeness (QED) is 0.581. The first-order valence-corrected chi connectivity index (χ1v) is 7.98. The summed E-state index contributed by atoms with van der Waals surface area (Å²) < 4.78 is -0.891. The zero-order chi connectivity index (χ0) is 13.3. The van der Waals surface area contributed by atoms with Crippen LogP contribution in [0.2, 0.25) is 0 Å². The van der Waals surface area contributed by atoms with Crippen LogP contribution in [-0.2, 0) is 0 Å². The molecule has 2 nitrogen and oxygen atoms in total. The standard InChI is InChI=1S/C14H24Cl2O2/c1-2-10(17)6-4-3-5-9-7-8-11-12(9)13(18)14(11,15)16/h9-13,17-18H,2-8H2,1H3. The van der Waals surface area contributed by atoms with E-state index in [1.165, 1.54) is 0 Å². The van der Waals surface area contributed by atoms with Gasteiger partial charge in [0.2, 0.25) is 0 Å². The van der Waals surface area contributed by atoms with Gasteiger partial charge in [-0.25, -0.2) is 0 Å². The largest absolute Gasteiger partial charge is 0.393 e. The van der Waals surface area contributed by atoms with Crippen LogP contribution in [-0.4, -0.2) is 26.8 Å². The number of unbranched alkanes of at least 4 members (excludes halogenated alkanes) is 1. The van der Waals surface area contributed by atoms with Crippen molar-refractivity contribution in [2.45, 2.75) is 68.4 Å². The fourth-order valence-corrected chi connectivity index (χ4v) is 4.52. The van der Waals surface area contributed by atoms with Crippen molar-refractivity contribution in [1.82, 2.24) is 0 Å². The van der Waals surface area contributed by atoms with Gasteiger partial charge in [-0.1, -0.05) is 49.4 Å². The van der Waals surface area contributed by atoms with Crippen LogP contribution in [0, 0.1) is 17.8 Å². The van der Waals surface area contributed by atoms with Gasteiger partial charge in [-0.2, -0.15) is 0 Å². The average molecular weight is 295 g/mol. The lowest BCUT2D eigenvalue weighted by Crippen LogP contribution is -2.59. The normalized spacial score (nSPS) is 39.2. The molecule has 0 aromatic rings. The third-order valence-electron chi connectivity index (χ3n) is 4.94. The van der Waals surface area contributed by atoms with E-state index in [1.54, 1.807) is 0 Å². The van der Waals surface area contributed by atoms with Crippen LogP contribution in [0.5, 0.6) is 0 Å². The zero-order valence-electron chi connectivity index (χ0n) is 11.0. The number of hydrogen-bond acceptors (Lipinski definition) is 2. The molecule has 2 aliphatic carbocycles. The topological polar surface area (TPSA) is 40.5 Å². The molecule has 0 aromatic heterocycles. The SMILES string of the molecule is CCC(O)CCCCC1CCC2C1C(O)C2(Cl)Cl. The number of hydrogen-bond donors (Lipinski definition) is 2. The molecule has 0 aromatic carbocycles. The molecule has 5 atom stereocenters. The van der Waals surface area contributed by atoms with Crippen LogP contribution in [0.1, 0.15) is 51.9 Å². The van der Waals surface area contributed by atoms with Crippen molar-refractivity contribution in [3.05, 3.63) is 0 Å². The molecule has 0 amide bonds. The molecule has 18 heavy (non-hydrogen) atoms. The molecule has 2 rings (SSSR count). The van der Waals surface area contributed by atoms with Crippen molar-refractivity contribution >= 4 is 23.2 Å². The second kappa shape index (κ2) is 5.87. The fraction of sp³-hybridized carbons (Fsp3) is 1.00. The maximum atomic E-state index is 10.00. The molecule has 2 N–H and O–H groups in total. The Balaban J connectivity index is 1.70. The van der Waals surface area contributed by atoms with Gasteiger partial charge < -0.3 is 10.2 Å². The summed E-state index contributed by atoms with van der Waals surface area (Å²) in [5.74, 6) is 1.19. The summed E-state index contributed by atoms with van der Waals surface area (Å²) in [6, 6.07) is 0. The summed E-state index contributed by atoms with van der Waals surface area (Å²) in [7, 11) is 0. The number of fused-ring (bicyclic) bond motifs is 1. The van der Waals surface area contributed by atoms with Crippen molar-refractivity contribution in [3.8, 4) is 0 Å². The number of rotatable bonds is 6. The number of halogens is 2. The molecule has 4 heteroatoms. The van der Waals surface area contributed by atoms with E-state index in [4.69, 9.17) is 23.2 Å². The Morgan fingerprint density at radius 1 is 1.28 bits per heavy atom. The van der Waals surface area contributed by atoms with Crippen LogP contribution >= 0.6 is 23.2 Å². The van der Waals surface area contributed by atoms with E-state index in [-0.39, 0.29) is 6.10 Å². The minimum Gasteiger partial charge on any atom is -0.393 e.